The molecule has 1 N–H and O–H groups in total. The number of rotatable bonds is 6. The highest BCUT2D eigenvalue weighted by molar-refractivity contribution is 5.77. The first-order valence-electron chi connectivity index (χ1n) is 9.53. The maximum Gasteiger partial charge on any atom is 0.416 e. The van der Waals surface area contributed by atoms with Gasteiger partial charge in [0.1, 0.15) is 5.65 Å². The van der Waals surface area contributed by atoms with Crippen LogP contribution < -0.4 is 5.32 Å². The molecule has 1 atom stereocenters. The molecule has 0 spiro atoms. The first-order valence-corrected chi connectivity index (χ1v) is 9.53. The van der Waals surface area contributed by atoms with Crippen molar-refractivity contribution in [1.82, 2.24) is 14.7 Å². The molecule has 29 heavy (non-hydrogen) atoms. The minimum Gasteiger partial charge on any atom is -0.356 e. The molecule has 1 amide bonds. The van der Waals surface area contributed by atoms with Gasteiger partial charge in [0.05, 0.1) is 11.3 Å². The Morgan fingerprint density at radius 2 is 1.90 bits per heavy atom. The van der Waals surface area contributed by atoms with Crippen LogP contribution in [0.15, 0.2) is 48.7 Å². The molecule has 0 radical (unpaired) electrons. The quantitative estimate of drug-likeness (QED) is 0.633. The number of aromatic nitrogens is 2. The number of hydrogen-bond acceptors (Lipinski definition) is 2. The molecule has 0 aliphatic heterocycles. The van der Waals surface area contributed by atoms with Gasteiger partial charge < -0.3 is 9.72 Å². The van der Waals surface area contributed by atoms with Crippen molar-refractivity contribution in [2.45, 2.75) is 39.3 Å². The van der Waals surface area contributed by atoms with Crippen LogP contribution in [0, 0.1) is 12.8 Å². The molecule has 1 aromatic carbocycles. The van der Waals surface area contributed by atoms with Gasteiger partial charge >= 0.3 is 6.18 Å². The topological polar surface area (TPSA) is 46.4 Å². The Hall–Kier alpha value is -2.83. The standard InChI is InChI=1S/C22H24F3N3O/c1-14(2)12-27-21(29)11-18(16-7-5-8-17(10-16)22(23,24)25)19-13-26-20-9-4-6-15(3)28(19)20/h4-10,13-14,18H,11-12H2,1-3H3,(H,27,29). The van der Waals surface area contributed by atoms with E-state index in [4.69, 9.17) is 0 Å². The van der Waals surface area contributed by atoms with Gasteiger partial charge in [-0.05, 0) is 36.6 Å². The van der Waals surface area contributed by atoms with Crippen molar-refractivity contribution in [3.63, 3.8) is 0 Å². The fourth-order valence-electron chi connectivity index (χ4n) is 3.38. The molecular formula is C22H24F3N3O. The van der Waals surface area contributed by atoms with Gasteiger partial charge in [-0.25, -0.2) is 4.98 Å². The highest BCUT2D eigenvalue weighted by Gasteiger charge is 2.32. The molecule has 154 valence electrons. The van der Waals surface area contributed by atoms with Crippen LogP contribution in [-0.4, -0.2) is 21.8 Å². The zero-order chi connectivity index (χ0) is 21.2. The van der Waals surface area contributed by atoms with Crippen molar-refractivity contribution < 1.29 is 18.0 Å². The minimum absolute atomic E-state index is 0.0379. The summed E-state index contributed by atoms with van der Waals surface area (Å²) in [4.78, 5) is 17.0. The molecule has 1 unspecified atom stereocenters. The summed E-state index contributed by atoms with van der Waals surface area (Å²) in [6, 6.07) is 10.8. The molecule has 2 aromatic heterocycles. The van der Waals surface area contributed by atoms with E-state index in [-0.39, 0.29) is 18.2 Å². The summed E-state index contributed by atoms with van der Waals surface area (Å²) in [7, 11) is 0. The van der Waals surface area contributed by atoms with Crippen molar-refractivity contribution in [2.24, 2.45) is 5.92 Å². The highest BCUT2D eigenvalue weighted by atomic mass is 19.4. The molecule has 0 saturated carbocycles. The highest BCUT2D eigenvalue weighted by Crippen LogP contribution is 2.34. The lowest BCUT2D eigenvalue weighted by Crippen LogP contribution is -2.29. The largest absolute Gasteiger partial charge is 0.416 e. The third-order valence-electron chi connectivity index (χ3n) is 4.82. The van der Waals surface area contributed by atoms with Crippen LogP contribution in [0.2, 0.25) is 0 Å². The van der Waals surface area contributed by atoms with E-state index in [1.807, 2.05) is 43.4 Å². The van der Waals surface area contributed by atoms with Crippen LogP contribution in [0.5, 0.6) is 0 Å². The maximum atomic E-state index is 13.3. The number of alkyl halides is 3. The summed E-state index contributed by atoms with van der Waals surface area (Å²) in [6.07, 6.45) is -2.77. The van der Waals surface area contributed by atoms with E-state index in [1.54, 1.807) is 12.3 Å². The van der Waals surface area contributed by atoms with Crippen molar-refractivity contribution in [2.75, 3.05) is 6.54 Å². The molecular weight excluding hydrogens is 379 g/mol. The molecule has 0 bridgehead atoms. The van der Waals surface area contributed by atoms with Crippen molar-refractivity contribution in [3.8, 4) is 0 Å². The Morgan fingerprint density at radius 1 is 1.17 bits per heavy atom. The number of hydrogen-bond donors (Lipinski definition) is 1. The number of benzene rings is 1. The fourth-order valence-corrected chi connectivity index (χ4v) is 3.38. The average Bonchev–Trinajstić information content (AvgIpc) is 3.09. The predicted molar refractivity (Wildman–Crippen MR) is 106 cm³/mol. The van der Waals surface area contributed by atoms with E-state index >= 15 is 0 Å². The van der Waals surface area contributed by atoms with Gasteiger partial charge in [0.15, 0.2) is 0 Å². The third-order valence-corrected chi connectivity index (χ3v) is 4.82. The second kappa shape index (κ2) is 8.27. The first kappa shape index (κ1) is 20.9. The van der Waals surface area contributed by atoms with E-state index in [1.165, 1.54) is 6.07 Å². The third kappa shape index (κ3) is 4.78. The Morgan fingerprint density at radius 3 is 2.59 bits per heavy atom. The Balaban J connectivity index is 2.06. The lowest BCUT2D eigenvalue weighted by molar-refractivity contribution is -0.137. The van der Waals surface area contributed by atoms with E-state index in [9.17, 15) is 18.0 Å². The molecule has 7 heteroatoms. The van der Waals surface area contributed by atoms with Gasteiger partial charge in [-0.1, -0.05) is 38.1 Å². The number of pyridine rings is 1. The number of halogens is 3. The summed E-state index contributed by atoms with van der Waals surface area (Å²) in [5.41, 5.74) is 1.99. The normalized spacial score (nSPS) is 13.1. The number of carbonyl (C=O) groups is 1. The molecule has 4 nitrogen and oxygen atoms in total. The van der Waals surface area contributed by atoms with Crippen molar-refractivity contribution in [3.05, 3.63) is 71.2 Å². The second-order valence-corrected chi connectivity index (χ2v) is 7.62. The molecule has 3 rings (SSSR count). The SMILES string of the molecule is Cc1cccc2ncc(C(CC(=O)NCC(C)C)c3cccc(C(F)(F)F)c3)n12. The number of carbonyl (C=O) groups excluding carboxylic acids is 1. The maximum absolute atomic E-state index is 13.3. The second-order valence-electron chi connectivity index (χ2n) is 7.62. The van der Waals surface area contributed by atoms with Gasteiger partial charge in [-0.2, -0.15) is 13.2 Å². The van der Waals surface area contributed by atoms with Gasteiger partial charge in [-0.15, -0.1) is 0 Å². The van der Waals surface area contributed by atoms with Gasteiger partial charge in [0.2, 0.25) is 5.91 Å². The van der Waals surface area contributed by atoms with Crippen LogP contribution in [0.3, 0.4) is 0 Å². The van der Waals surface area contributed by atoms with Gasteiger partial charge in [0.25, 0.3) is 0 Å². The van der Waals surface area contributed by atoms with E-state index in [0.717, 1.165) is 17.8 Å². The Kier molecular flexibility index (Phi) is 5.96. The van der Waals surface area contributed by atoms with Crippen LogP contribution in [0.1, 0.15) is 48.7 Å². The fraction of sp³-hybridized carbons (Fsp3) is 0.364. The van der Waals surface area contributed by atoms with E-state index in [0.29, 0.717) is 23.4 Å². The number of aryl methyl sites for hydroxylation is 1. The summed E-state index contributed by atoms with van der Waals surface area (Å²) in [5.74, 6) is -0.478. The number of nitrogens with zero attached hydrogens (tertiary/aromatic N) is 2. The van der Waals surface area contributed by atoms with E-state index < -0.39 is 17.7 Å². The summed E-state index contributed by atoms with van der Waals surface area (Å²) in [6.45, 7) is 6.39. The predicted octanol–water partition coefficient (Wildman–Crippen LogP) is 4.96. The number of amides is 1. The molecule has 0 aliphatic rings. The zero-order valence-corrected chi connectivity index (χ0v) is 16.6. The molecule has 0 fully saturated rings. The van der Waals surface area contributed by atoms with Gasteiger partial charge in [-0.3, -0.25) is 4.79 Å². The zero-order valence-electron chi connectivity index (χ0n) is 16.6. The number of imidazole rings is 1. The molecule has 3 aromatic rings. The monoisotopic (exact) mass is 403 g/mol. The molecule has 0 saturated heterocycles. The Labute approximate surface area is 167 Å². The first-order chi connectivity index (χ1) is 13.7. The van der Waals surface area contributed by atoms with Crippen molar-refractivity contribution >= 4 is 11.6 Å². The molecule has 0 aliphatic carbocycles. The van der Waals surface area contributed by atoms with Crippen molar-refractivity contribution in [1.29, 1.82) is 0 Å². The van der Waals surface area contributed by atoms with Crippen LogP contribution >= 0.6 is 0 Å². The van der Waals surface area contributed by atoms with E-state index in [2.05, 4.69) is 10.3 Å². The number of fused-ring (bicyclic) bond motifs is 1. The van der Waals surface area contributed by atoms with Crippen LogP contribution in [-0.2, 0) is 11.0 Å². The lowest BCUT2D eigenvalue weighted by atomic mass is 9.91. The molecule has 2 heterocycles. The Bertz CT molecular complexity index is 1010. The van der Waals surface area contributed by atoms with Crippen LogP contribution in [0.4, 0.5) is 13.2 Å². The minimum atomic E-state index is -4.45. The lowest BCUT2D eigenvalue weighted by Gasteiger charge is -2.20. The number of nitrogens with one attached hydrogen (secondary N) is 1. The average molecular weight is 403 g/mol. The van der Waals surface area contributed by atoms with Crippen LogP contribution in [0.25, 0.3) is 5.65 Å². The summed E-state index contributed by atoms with van der Waals surface area (Å²) >= 11 is 0. The summed E-state index contributed by atoms with van der Waals surface area (Å²) in [5, 5.41) is 2.86. The van der Waals surface area contributed by atoms with Gasteiger partial charge in [0, 0.05) is 30.8 Å². The summed E-state index contributed by atoms with van der Waals surface area (Å²) < 4.78 is 41.7. The smallest absolute Gasteiger partial charge is 0.356 e.